The third-order valence-electron chi connectivity index (χ3n) is 1.70. The Labute approximate surface area is 71.2 Å². The van der Waals surface area contributed by atoms with Crippen LogP contribution in [0.5, 0.6) is 0 Å². The molecule has 0 fully saturated rings. The molecule has 1 N–H and O–H groups in total. The van der Waals surface area contributed by atoms with Crippen LogP contribution in [0.2, 0.25) is 0 Å². The average molecular weight is 165 g/mol. The summed E-state index contributed by atoms with van der Waals surface area (Å²) in [7, 11) is 0.500. The summed E-state index contributed by atoms with van der Waals surface area (Å²) < 4.78 is 9.50. The summed E-state index contributed by atoms with van der Waals surface area (Å²) >= 11 is 0. The Morgan fingerprint density at radius 1 is 1.33 bits per heavy atom. The molecule has 0 spiro atoms. The zero-order valence-electron chi connectivity index (χ0n) is 6.80. The van der Waals surface area contributed by atoms with Gasteiger partial charge in [0.15, 0.2) is 0 Å². The maximum Gasteiger partial charge on any atom is 0.314 e. The highest BCUT2D eigenvalue weighted by atomic mass is 19.1. The summed E-state index contributed by atoms with van der Waals surface area (Å²) in [5.74, 6) is 0.0515. The van der Waals surface area contributed by atoms with Crippen LogP contribution in [0, 0.1) is 0 Å². The summed E-state index contributed by atoms with van der Waals surface area (Å²) in [5.41, 5.74) is 1.93. The highest BCUT2D eigenvalue weighted by Crippen LogP contribution is 2.13. The molecular weight excluding hydrogens is 156 g/mol. The van der Waals surface area contributed by atoms with Gasteiger partial charge in [0.1, 0.15) is 0 Å². The van der Waals surface area contributed by atoms with Gasteiger partial charge in [-0.2, -0.15) is 0 Å². The van der Waals surface area contributed by atoms with Crippen molar-refractivity contribution in [2.45, 2.75) is 6.54 Å². The van der Waals surface area contributed by atoms with Crippen molar-refractivity contribution in [3.8, 4) is 0 Å². The number of amides is 1. The Bertz CT molecular complexity index is 290. The summed E-state index contributed by atoms with van der Waals surface area (Å²) in [5, 5.41) is 2.75. The molecule has 0 bridgehead atoms. The van der Waals surface area contributed by atoms with E-state index in [0.29, 0.717) is 14.7 Å². The lowest BCUT2D eigenvalue weighted by molar-refractivity contribution is 0.0966. The van der Waals surface area contributed by atoms with Crippen molar-refractivity contribution in [1.82, 2.24) is 5.32 Å². The van der Waals surface area contributed by atoms with E-state index in [2.05, 4.69) is 5.32 Å². The second-order valence-electron chi connectivity index (χ2n) is 2.34. The van der Waals surface area contributed by atoms with E-state index in [4.69, 9.17) is 0 Å². The smallest absolute Gasteiger partial charge is 0.314 e. The van der Waals surface area contributed by atoms with E-state index in [9.17, 15) is 9.11 Å². The molecule has 4 heteroatoms. The van der Waals surface area contributed by atoms with Crippen LogP contribution >= 0.6 is 0 Å². The summed E-state index contributed by atoms with van der Waals surface area (Å²) in [4.78, 5) is 11.0. The topological polar surface area (TPSA) is 29.1 Å². The van der Waals surface area contributed by atoms with E-state index in [1.54, 1.807) is 0 Å². The van der Waals surface area contributed by atoms with Gasteiger partial charge >= 0.3 is 8.12 Å². The highest BCUT2D eigenvalue weighted by molar-refractivity contribution is 5.98. The molecule has 0 aromatic heterocycles. The SMILES string of the molecule is BF.O=C1NCc2ccccc21. The third kappa shape index (κ3) is 1.47. The van der Waals surface area contributed by atoms with E-state index in [1.165, 1.54) is 0 Å². The van der Waals surface area contributed by atoms with Crippen LogP contribution in [-0.4, -0.2) is 14.0 Å². The van der Waals surface area contributed by atoms with Crippen molar-refractivity contribution >= 4 is 14.0 Å². The maximum absolute atomic E-state index is 11.0. The first-order chi connectivity index (χ1) is 5.88. The van der Waals surface area contributed by atoms with Gasteiger partial charge in [0.05, 0.1) is 0 Å². The standard InChI is InChI=1S/C8H7NO.BFH2/c10-8-7-4-2-1-3-6(7)5-9-8;1-2/h1-4H,5H2,(H,9,10);1H2. The Morgan fingerprint density at radius 3 is 2.67 bits per heavy atom. The van der Waals surface area contributed by atoms with Crippen LogP contribution in [0.4, 0.5) is 4.32 Å². The van der Waals surface area contributed by atoms with Crippen molar-refractivity contribution in [1.29, 1.82) is 0 Å². The lowest BCUT2D eigenvalue weighted by atomic mass is 10.1. The van der Waals surface area contributed by atoms with Gasteiger partial charge in [-0.25, -0.2) is 0 Å². The van der Waals surface area contributed by atoms with Gasteiger partial charge in [-0.1, -0.05) is 18.2 Å². The molecule has 1 aliphatic rings. The zero-order valence-corrected chi connectivity index (χ0v) is 6.80. The molecule has 62 valence electrons. The van der Waals surface area contributed by atoms with Gasteiger partial charge in [-0.05, 0) is 11.6 Å². The normalized spacial score (nSPS) is 12.6. The summed E-state index contributed by atoms with van der Waals surface area (Å²) in [6, 6.07) is 7.63. The van der Waals surface area contributed by atoms with Crippen LogP contribution in [-0.2, 0) is 6.54 Å². The quantitative estimate of drug-likeness (QED) is 0.555. The number of hydrogen-bond acceptors (Lipinski definition) is 1. The molecule has 0 aliphatic carbocycles. The molecule has 0 saturated heterocycles. The van der Waals surface area contributed by atoms with Gasteiger partial charge in [0, 0.05) is 12.1 Å². The molecule has 0 radical (unpaired) electrons. The Morgan fingerprint density at radius 2 is 2.00 bits per heavy atom. The number of nitrogens with one attached hydrogen (secondary N) is 1. The maximum atomic E-state index is 11.0. The number of carbonyl (C=O) groups is 1. The fourth-order valence-electron chi connectivity index (χ4n) is 1.17. The van der Waals surface area contributed by atoms with Crippen LogP contribution in [0.25, 0.3) is 0 Å². The van der Waals surface area contributed by atoms with E-state index in [0.717, 1.165) is 11.1 Å². The Balaban J connectivity index is 0.000000336. The molecule has 1 aliphatic heterocycles. The van der Waals surface area contributed by atoms with E-state index >= 15 is 0 Å². The van der Waals surface area contributed by atoms with E-state index < -0.39 is 0 Å². The molecule has 1 aromatic carbocycles. The number of carbonyl (C=O) groups excluding carboxylic acids is 1. The summed E-state index contributed by atoms with van der Waals surface area (Å²) in [6.45, 7) is 0.689. The first-order valence-corrected chi connectivity index (χ1v) is 3.62. The summed E-state index contributed by atoms with van der Waals surface area (Å²) in [6.07, 6.45) is 0. The predicted molar refractivity (Wildman–Crippen MR) is 47.3 cm³/mol. The van der Waals surface area contributed by atoms with Crippen LogP contribution in [0.15, 0.2) is 24.3 Å². The lowest BCUT2D eigenvalue weighted by Gasteiger charge is -1.89. The molecule has 1 heterocycles. The molecular formula is C8H9BFNO. The van der Waals surface area contributed by atoms with E-state index in [1.807, 2.05) is 24.3 Å². The monoisotopic (exact) mass is 165 g/mol. The first-order valence-electron chi connectivity index (χ1n) is 3.62. The Kier molecular flexibility index (Phi) is 2.85. The van der Waals surface area contributed by atoms with Gasteiger partial charge in [0.25, 0.3) is 5.91 Å². The van der Waals surface area contributed by atoms with Crippen molar-refractivity contribution in [2.24, 2.45) is 0 Å². The van der Waals surface area contributed by atoms with Crippen LogP contribution < -0.4 is 5.32 Å². The second kappa shape index (κ2) is 3.90. The van der Waals surface area contributed by atoms with Crippen LogP contribution in [0.1, 0.15) is 15.9 Å². The van der Waals surface area contributed by atoms with Crippen molar-refractivity contribution in [2.75, 3.05) is 0 Å². The zero-order chi connectivity index (χ0) is 8.97. The molecule has 1 aromatic rings. The van der Waals surface area contributed by atoms with E-state index in [-0.39, 0.29) is 5.91 Å². The largest absolute Gasteiger partial charge is 0.348 e. The van der Waals surface area contributed by atoms with Crippen molar-refractivity contribution < 1.29 is 9.11 Å². The lowest BCUT2D eigenvalue weighted by Crippen LogP contribution is -2.12. The molecule has 0 unspecified atom stereocenters. The predicted octanol–water partition coefficient (Wildman–Crippen LogP) is 0.434. The molecule has 12 heavy (non-hydrogen) atoms. The number of hydrogen-bond donors (Lipinski definition) is 1. The molecule has 1 amide bonds. The minimum atomic E-state index is 0.0515. The molecule has 2 rings (SSSR count). The van der Waals surface area contributed by atoms with Gasteiger partial charge in [-0.3, -0.25) is 4.79 Å². The first kappa shape index (κ1) is 8.78. The minimum Gasteiger partial charge on any atom is -0.348 e. The third-order valence-corrected chi connectivity index (χ3v) is 1.70. The van der Waals surface area contributed by atoms with Crippen LogP contribution in [0.3, 0.4) is 0 Å². The highest BCUT2D eigenvalue weighted by Gasteiger charge is 2.16. The average Bonchev–Trinajstić information content (AvgIpc) is 2.53. The van der Waals surface area contributed by atoms with Gasteiger partial charge < -0.3 is 9.63 Å². The Hall–Kier alpha value is -1.32. The number of halogens is 1. The molecule has 0 saturated carbocycles. The molecule has 2 nitrogen and oxygen atoms in total. The van der Waals surface area contributed by atoms with Gasteiger partial charge in [-0.15, -0.1) is 0 Å². The fourth-order valence-corrected chi connectivity index (χ4v) is 1.17. The van der Waals surface area contributed by atoms with Crippen molar-refractivity contribution in [3.63, 3.8) is 0 Å². The number of rotatable bonds is 0. The van der Waals surface area contributed by atoms with Gasteiger partial charge in [0.2, 0.25) is 0 Å². The molecule has 0 atom stereocenters. The number of benzene rings is 1. The minimum absolute atomic E-state index is 0.0515. The second-order valence-corrected chi connectivity index (χ2v) is 2.34. The fraction of sp³-hybridized carbons (Fsp3) is 0.125. The van der Waals surface area contributed by atoms with Crippen molar-refractivity contribution in [3.05, 3.63) is 35.4 Å². The number of fused-ring (bicyclic) bond motifs is 1.